The zero-order valence-electron chi connectivity index (χ0n) is 19.1. The second-order valence-corrected chi connectivity index (χ2v) is 11.4. The summed E-state index contributed by atoms with van der Waals surface area (Å²) in [5.41, 5.74) is 1.41. The summed E-state index contributed by atoms with van der Waals surface area (Å²) in [4.78, 5) is 36.2. The van der Waals surface area contributed by atoms with Crippen molar-refractivity contribution in [3.63, 3.8) is 0 Å². The Bertz CT molecular complexity index is 782. The molecule has 0 aromatic carbocycles. The molecule has 1 unspecified atom stereocenters. The molecule has 4 rings (SSSR count). The molecule has 4 aliphatic carbocycles. The van der Waals surface area contributed by atoms with Gasteiger partial charge in [0.2, 0.25) is 0 Å². The summed E-state index contributed by atoms with van der Waals surface area (Å²) >= 11 is 0. The molecular formula is C26H38O4. The van der Waals surface area contributed by atoms with Crippen molar-refractivity contribution in [2.45, 2.75) is 85.5 Å². The highest BCUT2D eigenvalue weighted by molar-refractivity contribution is 5.91. The van der Waals surface area contributed by atoms with E-state index in [2.05, 4.69) is 20.8 Å². The first-order valence-corrected chi connectivity index (χ1v) is 12.0. The van der Waals surface area contributed by atoms with E-state index in [9.17, 15) is 14.4 Å². The van der Waals surface area contributed by atoms with Crippen LogP contribution < -0.4 is 0 Å². The van der Waals surface area contributed by atoms with Crippen LogP contribution in [0, 0.1) is 46.3 Å². The number of ketones is 2. The first-order chi connectivity index (χ1) is 14.1. The average molecular weight is 415 g/mol. The van der Waals surface area contributed by atoms with Crippen molar-refractivity contribution >= 4 is 17.5 Å². The molecule has 4 nitrogen and oxygen atoms in total. The lowest BCUT2D eigenvalue weighted by atomic mass is 9.43. The Balaban J connectivity index is 1.67. The zero-order chi connectivity index (χ0) is 21.8. The van der Waals surface area contributed by atoms with Crippen LogP contribution >= 0.6 is 0 Å². The number of rotatable bonds is 5. The fraction of sp³-hybridized carbons (Fsp3) is 0.808. The van der Waals surface area contributed by atoms with E-state index in [1.807, 2.05) is 6.08 Å². The molecule has 0 spiro atoms. The van der Waals surface area contributed by atoms with Crippen LogP contribution in [0.3, 0.4) is 0 Å². The van der Waals surface area contributed by atoms with E-state index in [1.54, 1.807) is 6.92 Å². The van der Waals surface area contributed by atoms with Gasteiger partial charge in [0.25, 0.3) is 0 Å². The molecule has 0 saturated heterocycles. The summed E-state index contributed by atoms with van der Waals surface area (Å²) in [5, 5.41) is 9.15. The van der Waals surface area contributed by atoms with E-state index in [1.165, 1.54) is 12.0 Å². The highest BCUT2D eigenvalue weighted by atomic mass is 16.4. The Morgan fingerprint density at radius 2 is 1.93 bits per heavy atom. The number of aliphatic carboxylic acids is 1. The zero-order valence-corrected chi connectivity index (χ0v) is 19.1. The predicted molar refractivity (Wildman–Crippen MR) is 116 cm³/mol. The number of Topliss-reactive ketones (excluding diaryl/α,β-unsaturated/α-hetero) is 1. The van der Waals surface area contributed by atoms with Gasteiger partial charge in [0.05, 0.1) is 0 Å². The Labute approximate surface area is 180 Å². The number of fused-ring (bicyclic) bond motifs is 5. The van der Waals surface area contributed by atoms with Crippen LogP contribution in [-0.4, -0.2) is 22.6 Å². The highest BCUT2D eigenvalue weighted by Gasteiger charge is 2.63. The third-order valence-electron chi connectivity index (χ3n) is 10.0. The van der Waals surface area contributed by atoms with Crippen molar-refractivity contribution in [1.82, 2.24) is 0 Å². The number of hydrogen-bond donors (Lipinski definition) is 1. The van der Waals surface area contributed by atoms with Gasteiger partial charge in [0.1, 0.15) is 5.78 Å². The summed E-state index contributed by atoms with van der Waals surface area (Å²) in [7, 11) is 0. The number of carboxylic acid groups (broad SMARTS) is 1. The monoisotopic (exact) mass is 414 g/mol. The average Bonchev–Trinajstić information content (AvgIpc) is 3.03. The highest BCUT2D eigenvalue weighted by Crippen LogP contribution is 2.69. The number of hydrogen-bond acceptors (Lipinski definition) is 3. The largest absolute Gasteiger partial charge is 0.481 e. The van der Waals surface area contributed by atoms with Crippen LogP contribution in [0.4, 0.5) is 0 Å². The molecular weight excluding hydrogens is 376 g/mol. The molecule has 8 atom stereocenters. The Hall–Kier alpha value is -1.45. The number of carbonyl (C=O) groups excluding carboxylic acids is 2. The lowest BCUT2D eigenvalue weighted by Crippen LogP contribution is -2.56. The molecule has 0 aromatic rings. The Morgan fingerprint density at radius 1 is 1.20 bits per heavy atom. The predicted octanol–water partition coefficient (Wildman–Crippen LogP) is 5.45. The van der Waals surface area contributed by atoms with Gasteiger partial charge in [-0.15, -0.1) is 0 Å². The molecule has 3 saturated carbocycles. The fourth-order valence-corrected chi connectivity index (χ4v) is 8.67. The molecule has 4 aliphatic rings. The van der Waals surface area contributed by atoms with Gasteiger partial charge in [-0.05, 0) is 98.4 Å². The first-order valence-electron chi connectivity index (χ1n) is 12.0. The van der Waals surface area contributed by atoms with Gasteiger partial charge in [-0.1, -0.05) is 26.3 Å². The van der Waals surface area contributed by atoms with Gasteiger partial charge >= 0.3 is 5.97 Å². The van der Waals surface area contributed by atoms with E-state index >= 15 is 0 Å². The second-order valence-electron chi connectivity index (χ2n) is 11.4. The van der Waals surface area contributed by atoms with Crippen molar-refractivity contribution in [2.75, 3.05) is 0 Å². The summed E-state index contributed by atoms with van der Waals surface area (Å²) in [6.45, 7) is 8.75. The van der Waals surface area contributed by atoms with E-state index in [0.29, 0.717) is 41.8 Å². The molecule has 1 N–H and O–H groups in total. The van der Waals surface area contributed by atoms with Crippen molar-refractivity contribution in [1.29, 1.82) is 0 Å². The summed E-state index contributed by atoms with van der Waals surface area (Å²) in [6.07, 6.45) is 9.79. The van der Waals surface area contributed by atoms with Gasteiger partial charge in [0, 0.05) is 18.8 Å². The SMILES string of the molecule is CC(=O)C1C[C@]2(C)[C@@H]([C@H](C)CCC(=O)O)CC[C@H]2[C@@H]2CCC3=CC(=O)CC[C@]3(C)[C@@H]12. The number of carbonyl (C=O) groups is 3. The molecule has 166 valence electrons. The van der Waals surface area contributed by atoms with E-state index in [4.69, 9.17) is 5.11 Å². The minimum atomic E-state index is -0.710. The van der Waals surface area contributed by atoms with Crippen LogP contribution in [0.1, 0.15) is 85.5 Å². The first kappa shape index (κ1) is 21.8. The molecule has 0 radical (unpaired) electrons. The number of carboxylic acids is 1. The third kappa shape index (κ3) is 3.29. The maximum atomic E-state index is 13.0. The summed E-state index contributed by atoms with van der Waals surface area (Å²) < 4.78 is 0. The molecule has 0 amide bonds. The van der Waals surface area contributed by atoms with E-state index in [0.717, 1.165) is 38.5 Å². The molecule has 0 aliphatic heterocycles. The minimum absolute atomic E-state index is 0.0124. The maximum absolute atomic E-state index is 13.0. The fourth-order valence-electron chi connectivity index (χ4n) is 8.67. The van der Waals surface area contributed by atoms with Crippen molar-refractivity contribution in [2.24, 2.45) is 46.3 Å². The molecule has 30 heavy (non-hydrogen) atoms. The summed E-state index contributed by atoms with van der Waals surface area (Å²) in [5.74, 6) is 2.32. The van der Waals surface area contributed by atoms with Gasteiger partial charge in [-0.3, -0.25) is 14.4 Å². The van der Waals surface area contributed by atoms with E-state index in [-0.39, 0.29) is 29.0 Å². The quantitative estimate of drug-likeness (QED) is 0.649. The maximum Gasteiger partial charge on any atom is 0.303 e. The molecule has 4 heteroatoms. The van der Waals surface area contributed by atoms with Crippen LogP contribution in [0.15, 0.2) is 11.6 Å². The van der Waals surface area contributed by atoms with Crippen LogP contribution in [-0.2, 0) is 14.4 Å². The molecule has 0 bridgehead atoms. The van der Waals surface area contributed by atoms with Gasteiger partial charge in [0.15, 0.2) is 5.78 Å². The van der Waals surface area contributed by atoms with Crippen molar-refractivity contribution in [3.05, 3.63) is 11.6 Å². The molecule has 0 aromatic heterocycles. The minimum Gasteiger partial charge on any atom is -0.481 e. The topological polar surface area (TPSA) is 71.4 Å². The lowest BCUT2D eigenvalue weighted by molar-refractivity contribution is -0.142. The normalized spacial score (nSPS) is 43.8. The Morgan fingerprint density at radius 3 is 2.60 bits per heavy atom. The second kappa shape index (κ2) is 7.60. The lowest BCUT2D eigenvalue weighted by Gasteiger charge is -2.61. The van der Waals surface area contributed by atoms with Crippen molar-refractivity contribution < 1.29 is 19.5 Å². The smallest absolute Gasteiger partial charge is 0.303 e. The number of allylic oxidation sites excluding steroid dienone is 1. The van der Waals surface area contributed by atoms with Crippen LogP contribution in [0.25, 0.3) is 0 Å². The molecule has 3 fully saturated rings. The van der Waals surface area contributed by atoms with E-state index < -0.39 is 5.97 Å². The van der Waals surface area contributed by atoms with Gasteiger partial charge in [-0.2, -0.15) is 0 Å². The summed E-state index contributed by atoms with van der Waals surface area (Å²) in [6, 6.07) is 0. The van der Waals surface area contributed by atoms with Gasteiger partial charge in [-0.25, -0.2) is 0 Å². The van der Waals surface area contributed by atoms with Crippen molar-refractivity contribution in [3.8, 4) is 0 Å². The van der Waals surface area contributed by atoms with Crippen LogP contribution in [0.2, 0.25) is 0 Å². The van der Waals surface area contributed by atoms with Gasteiger partial charge < -0.3 is 5.11 Å². The third-order valence-corrected chi connectivity index (χ3v) is 10.0. The standard InChI is InChI=1S/C26H38O4/c1-15(5-10-23(29)30)21-8-9-22-19-7-6-17-13-18(28)11-12-25(17,3)24(19)20(16(2)27)14-26(21,22)4/h13,15,19-22,24H,5-12,14H2,1-4H3,(H,29,30)/t15-,19+,20?,21-,22+,24-,25+,26-/m1/s1. The Kier molecular flexibility index (Phi) is 5.51. The molecule has 0 heterocycles. The van der Waals surface area contributed by atoms with Crippen LogP contribution in [0.5, 0.6) is 0 Å².